The van der Waals surface area contributed by atoms with E-state index in [-0.39, 0.29) is 0 Å². The van der Waals surface area contributed by atoms with Crippen molar-refractivity contribution in [2.24, 2.45) is 0 Å². The summed E-state index contributed by atoms with van der Waals surface area (Å²) in [5.41, 5.74) is 3.06. The molecule has 0 spiro atoms. The van der Waals surface area contributed by atoms with Crippen molar-refractivity contribution in [3.63, 3.8) is 0 Å². The first kappa shape index (κ1) is 14.1. The zero-order valence-corrected chi connectivity index (χ0v) is 12.5. The molecule has 2 aliphatic heterocycles. The molecule has 3 nitrogen and oxygen atoms in total. The molecule has 0 saturated carbocycles. The van der Waals surface area contributed by atoms with E-state index >= 15 is 0 Å². The number of benzene rings is 1. The lowest BCUT2D eigenvalue weighted by Gasteiger charge is -2.32. The molecular formula is C17H26N2O. The number of morpholine rings is 1. The van der Waals surface area contributed by atoms with Crippen LogP contribution < -0.4 is 5.32 Å². The fourth-order valence-corrected chi connectivity index (χ4v) is 3.43. The number of aryl methyl sites for hydroxylation is 1. The molecule has 110 valence electrons. The molecule has 3 heteroatoms. The van der Waals surface area contributed by atoms with Gasteiger partial charge in [0.15, 0.2) is 0 Å². The van der Waals surface area contributed by atoms with E-state index < -0.39 is 0 Å². The van der Waals surface area contributed by atoms with Crippen LogP contribution in [0.15, 0.2) is 24.3 Å². The summed E-state index contributed by atoms with van der Waals surface area (Å²) in [7, 11) is 0. The fraction of sp³-hybridized carbons (Fsp3) is 0.647. The Kier molecular flexibility index (Phi) is 4.71. The maximum absolute atomic E-state index is 5.57. The molecule has 1 aromatic carbocycles. The Bertz CT molecular complexity index is 429. The zero-order chi connectivity index (χ0) is 13.8. The van der Waals surface area contributed by atoms with Crippen LogP contribution in [-0.2, 0) is 17.7 Å². The highest BCUT2D eigenvalue weighted by Crippen LogP contribution is 2.21. The van der Waals surface area contributed by atoms with Crippen LogP contribution in [0.3, 0.4) is 0 Å². The maximum atomic E-state index is 5.57. The molecule has 1 fully saturated rings. The summed E-state index contributed by atoms with van der Waals surface area (Å²) in [6, 6.07) is 10.1. The topological polar surface area (TPSA) is 24.5 Å². The maximum Gasteiger partial charge on any atom is 0.0620 e. The molecular weight excluding hydrogens is 248 g/mol. The lowest BCUT2D eigenvalue weighted by Crippen LogP contribution is -2.46. The number of rotatable bonds is 3. The van der Waals surface area contributed by atoms with Crippen molar-refractivity contribution in [3.8, 4) is 0 Å². The largest absolute Gasteiger partial charge is 0.379 e. The van der Waals surface area contributed by atoms with Gasteiger partial charge in [-0.25, -0.2) is 0 Å². The van der Waals surface area contributed by atoms with Gasteiger partial charge in [0, 0.05) is 25.2 Å². The van der Waals surface area contributed by atoms with E-state index in [2.05, 4.69) is 41.4 Å². The average Bonchev–Trinajstić information content (AvgIpc) is 2.70. The van der Waals surface area contributed by atoms with Crippen LogP contribution >= 0.6 is 0 Å². The minimum absolute atomic E-state index is 0.525. The first-order valence-corrected chi connectivity index (χ1v) is 7.95. The first-order valence-electron chi connectivity index (χ1n) is 7.95. The van der Waals surface area contributed by atoms with Crippen molar-refractivity contribution in [3.05, 3.63) is 35.4 Å². The Labute approximate surface area is 122 Å². The molecule has 0 aromatic heterocycles. The van der Waals surface area contributed by atoms with Gasteiger partial charge in [-0.2, -0.15) is 0 Å². The molecule has 20 heavy (non-hydrogen) atoms. The highest BCUT2D eigenvalue weighted by atomic mass is 16.5. The third kappa shape index (κ3) is 3.40. The van der Waals surface area contributed by atoms with Crippen molar-refractivity contribution < 1.29 is 4.74 Å². The van der Waals surface area contributed by atoms with Crippen LogP contribution in [0.4, 0.5) is 0 Å². The first-order chi connectivity index (χ1) is 9.83. The van der Waals surface area contributed by atoms with Crippen LogP contribution in [0.1, 0.15) is 30.9 Å². The number of hydrogen-bond donors (Lipinski definition) is 1. The van der Waals surface area contributed by atoms with Gasteiger partial charge in [0.25, 0.3) is 0 Å². The zero-order valence-electron chi connectivity index (χ0n) is 12.5. The molecule has 0 bridgehead atoms. The van der Waals surface area contributed by atoms with E-state index in [9.17, 15) is 0 Å². The average molecular weight is 274 g/mol. The molecule has 1 N–H and O–H groups in total. The van der Waals surface area contributed by atoms with Gasteiger partial charge in [0.2, 0.25) is 0 Å². The minimum atomic E-state index is 0.525. The lowest BCUT2D eigenvalue weighted by atomic mass is 10.0. The third-order valence-electron chi connectivity index (χ3n) is 4.63. The van der Waals surface area contributed by atoms with Gasteiger partial charge in [0.1, 0.15) is 0 Å². The van der Waals surface area contributed by atoms with Crippen LogP contribution in [0, 0.1) is 0 Å². The second-order valence-corrected chi connectivity index (χ2v) is 6.15. The summed E-state index contributed by atoms with van der Waals surface area (Å²) >= 11 is 0. The summed E-state index contributed by atoms with van der Waals surface area (Å²) in [6.45, 7) is 7.41. The molecule has 0 radical (unpaired) electrons. The molecule has 2 unspecified atom stereocenters. The summed E-state index contributed by atoms with van der Waals surface area (Å²) in [5.74, 6) is 0. The molecule has 2 heterocycles. The normalized spacial score (nSPS) is 25.8. The standard InChI is InChI=1S/C17H26N2O/c1-14(11-17-13-20-10-8-18-17)19-9-4-7-15-5-2-3-6-16(15)12-19/h2-3,5-6,14,17-18H,4,7-13H2,1H3. The number of nitrogens with zero attached hydrogens (tertiary/aromatic N) is 1. The van der Waals surface area contributed by atoms with E-state index in [1.807, 2.05) is 0 Å². The van der Waals surface area contributed by atoms with Gasteiger partial charge >= 0.3 is 0 Å². The number of ether oxygens (including phenoxy) is 1. The van der Waals surface area contributed by atoms with Gasteiger partial charge in [0.05, 0.1) is 13.2 Å². The second kappa shape index (κ2) is 6.70. The molecule has 1 aromatic rings. The molecule has 3 rings (SSSR count). The van der Waals surface area contributed by atoms with Crippen LogP contribution in [0.2, 0.25) is 0 Å². The van der Waals surface area contributed by atoms with Crippen molar-refractivity contribution >= 4 is 0 Å². The lowest BCUT2D eigenvalue weighted by molar-refractivity contribution is 0.0610. The van der Waals surface area contributed by atoms with Crippen LogP contribution in [0.25, 0.3) is 0 Å². The Morgan fingerprint density at radius 1 is 1.35 bits per heavy atom. The van der Waals surface area contributed by atoms with Gasteiger partial charge in [-0.1, -0.05) is 24.3 Å². The number of hydrogen-bond acceptors (Lipinski definition) is 3. The van der Waals surface area contributed by atoms with Gasteiger partial charge in [-0.05, 0) is 43.9 Å². The summed E-state index contributed by atoms with van der Waals surface area (Å²) in [5, 5.41) is 3.57. The van der Waals surface area contributed by atoms with Crippen molar-refractivity contribution in [2.45, 2.75) is 44.8 Å². The van der Waals surface area contributed by atoms with Crippen molar-refractivity contribution in [1.82, 2.24) is 10.2 Å². The fourth-order valence-electron chi connectivity index (χ4n) is 3.43. The predicted octanol–water partition coefficient (Wildman–Crippen LogP) is 2.20. The molecule has 2 aliphatic rings. The number of nitrogens with one attached hydrogen (secondary N) is 1. The van der Waals surface area contributed by atoms with Crippen molar-refractivity contribution in [1.29, 1.82) is 0 Å². The smallest absolute Gasteiger partial charge is 0.0620 e. The SMILES string of the molecule is CC(CC1COCCN1)N1CCCc2ccccc2C1. The summed E-state index contributed by atoms with van der Waals surface area (Å²) < 4.78 is 5.57. The number of fused-ring (bicyclic) bond motifs is 1. The Balaban J connectivity index is 1.61. The molecule has 0 amide bonds. The van der Waals surface area contributed by atoms with E-state index in [1.165, 1.54) is 31.4 Å². The molecule has 0 aliphatic carbocycles. The van der Waals surface area contributed by atoms with Crippen LogP contribution in [-0.4, -0.2) is 43.3 Å². The van der Waals surface area contributed by atoms with Gasteiger partial charge in [-0.3, -0.25) is 4.90 Å². The minimum Gasteiger partial charge on any atom is -0.379 e. The van der Waals surface area contributed by atoms with Gasteiger partial charge < -0.3 is 10.1 Å². The Morgan fingerprint density at radius 2 is 2.20 bits per heavy atom. The highest BCUT2D eigenvalue weighted by molar-refractivity contribution is 5.28. The predicted molar refractivity (Wildman–Crippen MR) is 81.9 cm³/mol. The molecule has 2 atom stereocenters. The highest BCUT2D eigenvalue weighted by Gasteiger charge is 2.22. The van der Waals surface area contributed by atoms with Crippen LogP contribution in [0.5, 0.6) is 0 Å². The summed E-state index contributed by atoms with van der Waals surface area (Å²) in [4.78, 5) is 2.64. The second-order valence-electron chi connectivity index (χ2n) is 6.15. The Morgan fingerprint density at radius 3 is 3.00 bits per heavy atom. The molecule has 1 saturated heterocycles. The van der Waals surface area contributed by atoms with E-state index in [4.69, 9.17) is 4.74 Å². The monoisotopic (exact) mass is 274 g/mol. The quantitative estimate of drug-likeness (QED) is 0.914. The van der Waals surface area contributed by atoms with Gasteiger partial charge in [-0.15, -0.1) is 0 Å². The van der Waals surface area contributed by atoms with E-state index in [0.717, 1.165) is 26.3 Å². The van der Waals surface area contributed by atoms with Crippen molar-refractivity contribution in [2.75, 3.05) is 26.3 Å². The van der Waals surface area contributed by atoms with E-state index in [1.54, 1.807) is 5.56 Å². The third-order valence-corrected chi connectivity index (χ3v) is 4.63. The van der Waals surface area contributed by atoms with E-state index in [0.29, 0.717) is 12.1 Å². The Hall–Kier alpha value is -0.900. The summed E-state index contributed by atoms with van der Waals surface area (Å²) in [6.07, 6.45) is 3.68.